The third-order valence-electron chi connectivity index (χ3n) is 3.85. The molecule has 0 aliphatic heterocycles. The van der Waals surface area contributed by atoms with E-state index in [1.165, 1.54) is 53.8 Å². The van der Waals surface area contributed by atoms with E-state index in [0.717, 1.165) is 17.5 Å². The maximum absolute atomic E-state index is 13.2. The van der Waals surface area contributed by atoms with Gasteiger partial charge in [-0.2, -0.15) is 0 Å². The van der Waals surface area contributed by atoms with E-state index >= 15 is 0 Å². The molecule has 9 heteroatoms. The number of thiazole rings is 1. The molecule has 0 bridgehead atoms. The first-order valence-corrected chi connectivity index (χ1v) is 10.7. The van der Waals surface area contributed by atoms with E-state index in [4.69, 9.17) is 0 Å². The molecular formula is C19H18FN3O3S2. The molecule has 146 valence electrons. The molecule has 3 rings (SSSR count). The van der Waals surface area contributed by atoms with Crippen molar-refractivity contribution in [3.05, 3.63) is 69.9 Å². The first kappa shape index (κ1) is 20.0. The van der Waals surface area contributed by atoms with Gasteiger partial charge in [0, 0.05) is 5.69 Å². The summed E-state index contributed by atoms with van der Waals surface area (Å²) in [6, 6.07) is 10.9. The summed E-state index contributed by atoms with van der Waals surface area (Å²) < 4.78 is 40.4. The molecule has 0 atom stereocenters. The quantitative estimate of drug-likeness (QED) is 0.627. The van der Waals surface area contributed by atoms with Crippen molar-refractivity contribution in [3.63, 3.8) is 0 Å². The SMILES string of the molecule is CCc1nc(C)c(C(=O)Nc2ccc(S(=O)(=O)Nc3cccc(F)c3)cc2)s1. The highest BCUT2D eigenvalue weighted by Crippen LogP contribution is 2.22. The van der Waals surface area contributed by atoms with Crippen LogP contribution in [-0.4, -0.2) is 19.3 Å². The zero-order valence-corrected chi connectivity index (χ0v) is 16.8. The number of hydrogen-bond donors (Lipinski definition) is 2. The molecule has 28 heavy (non-hydrogen) atoms. The summed E-state index contributed by atoms with van der Waals surface area (Å²) in [4.78, 5) is 17.3. The van der Waals surface area contributed by atoms with Crippen molar-refractivity contribution in [2.24, 2.45) is 0 Å². The van der Waals surface area contributed by atoms with Crippen LogP contribution in [0.15, 0.2) is 53.4 Å². The largest absolute Gasteiger partial charge is 0.321 e. The number of aromatic nitrogens is 1. The standard InChI is InChI=1S/C19H18FN3O3S2/c1-3-17-21-12(2)18(27-17)19(24)22-14-7-9-16(10-8-14)28(25,26)23-15-6-4-5-13(20)11-15/h4-11,23H,3H2,1-2H3,(H,22,24). The third-order valence-corrected chi connectivity index (χ3v) is 6.55. The fourth-order valence-electron chi connectivity index (χ4n) is 2.49. The summed E-state index contributed by atoms with van der Waals surface area (Å²) in [7, 11) is -3.87. The lowest BCUT2D eigenvalue weighted by atomic mass is 10.3. The molecule has 1 aromatic heterocycles. The smallest absolute Gasteiger partial charge is 0.267 e. The fourth-order valence-corrected chi connectivity index (χ4v) is 4.43. The van der Waals surface area contributed by atoms with Crippen LogP contribution >= 0.6 is 11.3 Å². The van der Waals surface area contributed by atoms with Gasteiger partial charge in [0.25, 0.3) is 15.9 Å². The number of rotatable bonds is 6. The van der Waals surface area contributed by atoms with Crippen LogP contribution in [0, 0.1) is 12.7 Å². The molecule has 3 aromatic rings. The number of halogens is 1. The van der Waals surface area contributed by atoms with Crippen LogP contribution in [0.4, 0.5) is 15.8 Å². The van der Waals surface area contributed by atoms with Crippen LogP contribution in [0.1, 0.15) is 27.3 Å². The number of carbonyl (C=O) groups is 1. The maximum atomic E-state index is 13.2. The Morgan fingerprint density at radius 1 is 1.14 bits per heavy atom. The van der Waals surface area contributed by atoms with Crippen molar-refractivity contribution in [1.29, 1.82) is 0 Å². The maximum Gasteiger partial charge on any atom is 0.267 e. The number of benzene rings is 2. The van der Waals surface area contributed by atoms with Crippen LogP contribution < -0.4 is 10.0 Å². The second-order valence-corrected chi connectivity index (χ2v) is 8.74. The highest BCUT2D eigenvalue weighted by atomic mass is 32.2. The van der Waals surface area contributed by atoms with Gasteiger partial charge in [-0.25, -0.2) is 17.8 Å². The minimum Gasteiger partial charge on any atom is -0.321 e. The Morgan fingerprint density at radius 2 is 1.86 bits per heavy atom. The number of sulfonamides is 1. The highest BCUT2D eigenvalue weighted by Gasteiger charge is 2.17. The number of aryl methyl sites for hydroxylation is 2. The van der Waals surface area contributed by atoms with Crippen LogP contribution in [-0.2, 0) is 16.4 Å². The van der Waals surface area contributed by atoms with Crippen LogP contribution in [0.25, 0.3) is 0 Å². The lowest BCUT2D eigenvalue weighted by molar-refractivity contribution is 0.103. The second kappa shape index (κ2) is 8.07. The molecule has 1 amide bonds. The van der Waals surface area contributed by atoms with Gasteiger partial charge in [-0.05, 0) is 55.8 Å². The van der Waals surface area contributed by atoms with Gasteiger partial charge < -0.3 is 5.32 Å². The Labute approximate surface area is 166 Å². The monoisotopic (exact) mass is 419 g/mol. The number of carbonyl (C=O) groups excluding carboxylic acids is 1. The van der Waals surface area contributed by atoms with Crippen molar-refractivity contribution in [2.45, 2.75) is 25.2 Å². The van der Waals surface area contributed by atoms with E-state index in [9.17, 15) is 17.6 Å². The zero-order valence-electron chi connectivity index (χ0n) is 15.2. The van der Waals surface area contributed by atoms with Crippen LogP contribution in [0.5, 0.6) is 0 Å². The molecule has 0 aliphatic rings. The minimum absolute atomic E-state index is 0.00278. The van der Waals surface area contributed by atoms with E-state index in [-0.39, 0.29) is 16.5 Å². The molecule has 6 nitrogen and oxygen atoms in total. The summed E-state index contributed by atoms with van der Waals surface area (Å²) in [5.41, 5.74) is 1.25. The molecule has 0 radical (unpaired) electrons. The average molecular weight is 420 g/mol. The molecule has 0 saturated carbocycles. The molecule has 1 heterocycles. The third kappa shape index (κ3) is 4.55. The summed E-state index contributed by atoms with van der Waals surface area (Å²) in [6.07, 6.45) is 0.754. The Hall–Kier alpha value is -2.78. The van der Waals surface area contributed by atoms with Crippen molar-refractivity contribution in [2.75, 3.05) is 10.0 Å². The lowest BCUT2D eigenvalue weighted by Gasteiger charge is -2.09. The Balaban J connectivity index is 1.73. The zero-order chi connectivity index (χ0) is 20.3. The average Bonchev–Trinajstić information content (AvgIpc) is 3.03. The first-order chi connectivity index (χ1) is 13.3. The van der Waals surface area contributed by atoms with E-state index in [2.05, 4.69) is 15.0 Å². The number of nitrogens with zero attached hydrogens (tertiary/aromatic N) is 1. The first-order valence-electron chi connectivity index (χ1n) is 8.44. The van der Waals surface area contributed by atoms with Gasteiger partial charge in [0.05, 0.1) is 21.3 Å². The summed E-state index contributed by atoms with van der Waals surface area (Å²) in [6.45, 7) is 3.75. The van der Waals surface area contributed by atoms with Gasteiger partial charge >= 0.3 is 0 Å². The lowest BCUT2D eigenvalue weighted by Crippen LogP contribution is -2.14. The van der Waals surface area contributed by atoms with Crippen molar-refractivity contribution < 1.29 is 17.6 Å². The van der Waals surface area contributed by atoms with Gasteiger partial charge in [-0.1, -0.05) is 13.0 Å². The number of nitrogens with one attached hydrogen (secondary N) is 2. The Morgan fingerprint density at radius 3 is 2.46 bits per heavy atom. The van der Waals surface area contributed by atoms with E-state index in [1.54, 1.807) is 6.92 Å². The molecule has 2 aromatic carbocycles. The summed E-state index contributed by atoms with van der Waals surface area (Å²) in [5.74, 6) is -0.828. The Bertz CT molecular complexity index is 1110. The molecule has 0 spiro atoms. The number of amides is 1. The van der Waals surface area contributed by atoms with Gasteiger partial charge in [-0.3, -0.25) is 9.52 Å². The molecule has 0 fully saturated rings. The molecule has 0 saturated heterocycles. The summed E-state index contributed by atoms with van der Waals surface area (Å²) >= 11 is 1.34. The Kier molecular flexibility index (Phi) is 5.76. The summed E-state index contributed by atoms with van der Waals surface area (Å²) in [5, 5.41) is 3.62. The fraction of sp³-hybridized carbons (Fsp3) is 0.158. The van der Waals surface area contributed by atoms with Gasteiger partial charge in [0.2, 0.25) is 0 Å². The van der Waals surface area contributed by atoms with Crippen LogP contribution in [0.3, 0.4) is 0 Å². The van der Waals surface area contributed by atoms with Crippen molar-refractivity contribution >= 4 is 38.6 Å². The van der Waals surface area contributed by atoms with Gasteiger partial charge in [0.15, 0.2) is 0 Å². The molecular weight excluding hydrogens is 401 g/mol. The van der Waals surface area contributed by atoms with Crippen LogP contribution in [0.2, 0.25) is 0 Å². The minimum atomic E-state index is -3.87. The molecule has 0 unspecified atom stereocenters. The predicted octanol–water partition coefficient (Wildman–Crippen LogP) is 4.21. The van der Waals surface area contributed by atoms with E-state index in [0.29, 0.717) is 16.3 Å². The van der Waals surface area contributed by atoms with Crippen molar-refractivity contribution in [1.82, 2.24) is 4.98 Å². The van der Waals surface area contributed by atoms with E-state index < -0.39 is 15.8 Å². The highest BCUT2D eigenvalue weighted by molar-refractivity contribution is 7.92. The number of anilines is 2. The van der Waals surface area contributed by atoms with Gasteiger partial charge in [0.1, 0.15) is 10.7 Å². The van der Waals surface area contributed by atoms with E-state index in [1.807, 2.05) is 6.92 Å². The van der Waals surface area contributed by atoms with Gasteiger partial charge in [-0.15, -0.1) is 11.3 Å². The second-order valence-electron chi connectivity index (χ2n) is 5.97. The predicted molar refractivity (Wildman–Crippen MR) is 108 cm³/mol. The normalized spacial score (nSPS) is 11.2. The number of hydrogen-bond acceptors (Lipinski definition) is 5. The molecule has 0 aliphatic carbocycles. The topological polar surface area (TPSA) is 88.2 Å². The van der Waals surface area contributed by atoms with Crippen molar-refractivity contribution in [3.8, 4) is 0 Å². The molecule has 2 N–H and O–H groups in total.